The highest BCUT2D eigenvalue weighted by atomic mass is 35.5. The third kappa shape index (κ3) is 3.05. The number of fused-ring (bicyclic) bond motifs is 1. The summed E-state index contributed by atoms with van der Waals surface area (Å²) in [6.45, 7) is -3.05. The monoisotopic (exact) mass is 418 g/mol. The molecule has 0 radical (unpaired) electrons. The summed E-state index contributed by atoms with van der Waals surface area (Å²) >= 11 is 6.31. The van der Waals surface area contributed by atoms with Crippen LogP contribution in [0.4, 0.5) is 22.0 Å². The lowest BCUT2D eigenvalue weighted by Gasteiger charge is -2.06. The molecule has 7 nitrogen and oxygen atoms in total. The second kappa shape index (κ2) is 6.48. The highest BCUT2D eigenvalue weighted by Gasteiger charge is 2.36. The lowest BCUT2D eigenvalue weighted by atomic mass is 10.2. The van der Waals surface area contributed by atoms with Crippen molar-refractivity contribution in [2.75, 3.05) is 0 Å². The van der Waals surface area contributed by atoms with E-state index in [9.17, 15) is 22.0 Å². The molecule has 0 amide bonds. The number of alkyl halides is 5. The maximum absolute atomic E-state index is 12.9. The zero-order chi connectivity index (χ0) is 20.1. The van der Waals surface area contributed by atoms with Gasteiger partial charge in [-0.2, -0.15) is 27.1 Å². The Morgan fingerprint density at radius 1 is 1.21 bits per heavy atom. The van der Waals surface area contributed by atoms with Crippen LogP contribution >= 0.6 is 11.8 Å². The molecule has 0 aliphatic carbocycles. The number of hydrogen-bond donors (Lipinski definition) is 1. The molecule has 0 bridgehead atoms. The van der Waals surface area contributed by atoms with E-state index in [1.54, 1.807) is 0 Å². The first-order valence-corrected chi connectivity index (χ1v) is 7.87. The third-order valence-corrected chi connectivity index (χ3v) is 4.16. The second-order valence-corrected chi connectivity index (χ2v) is 5.85. The Morgan fingerprint density at radius 2 is 2.00 bits per heavy atom. The van der Waals surface area contributed by atoms with Gasteiger partial charge in [0.1, 0.15) is 11.4 Å². The molecule has 0 saturated heterocycles. The number of nitrogens with one attached hydrogen (secondary N) is 1. The van der Waals surface area contributed by atoms with E-state index in [1.807, 2.05) is 5.10 Å². The molecule has 0 atom stereocenters. The van der Waals surface area contributed by atoms with Crippen LogP contribution in [0.2, 0.25) is 0 Å². The summed E-state index contributed by atoms with van der Waals surface area (Å²) in [6, 6.07) is 3.94. The van der Waals surface area contributed by atoms with Crippen molar-refractivity contribution in [2.24, 2.45) is 0 Å². The highest BCUT2D eigenvalue weighted by Crippen LogP contribution is 2.38. The quantitative estimate of drug-likeness (QED) is 0.503. The first-order chi connectivity index (χ1) is 13.3. The van der Waals surface area contributed by atoms with Gasteiger partial charge in [0.05, 0.1) is 17.5 Å². The lowest BCUT2D eigenvalue weighted by molar-refractivity contribution is -0.144. The number of imidazole rings is 1. The van der Waals surface area contributed by atoms with E-state index in [4.69, 9.17) is 11.8 Å². The summed E-state index contributed by atoms with van der Waals surface area (Å²) in [5.74, 6) is -1.79. The molecular formula is C15H8ClF5N6O. The molecule has 3 heterocycles. The van der Waals surface area contributed by atoms with E-state index in [0.717, 1.165) is 4.09 Å². The highest BCUT2D eigenvalue weighted by molar-refractivity contribution is 6.23. The number of ether oxygens (including phenoxy) is 1. The molecule has 0 aliphatic rings. The number of rotatable bonds is 4. The Bertz CT molecular complexity index is 1130. The number of halogens is 6. The van der Waals surface area contributed by atoms with Crippen molar-refractivity contribution >= 4 is 22.7 Å². The van der Waals surface area contributed by atoms with Gasteiger partial charge in [-0.05, 0) is 18.2 Å². The van der Waals surface area contributed by atoms with Crippen LogP contribution in [0.1, 0.15) is 5.82 Å². The summed E-state index contributed by atoms with van der Waals surface area (Å²) in [4.78, 5) is 7.36. The van der Waals surface area contributed by atoms with Crippen molar-refractivity contribution in [2.45, 2.75) is 12.8 Å². The van der Waals surface area contributed by atoms with Crippen molar-refractivity contribution in [1.82, 2.24) is 28.8 Å². The zero-order valence-electron chi connectivity index (χ0n) is 13.5. The Hall–Kier alpha value is -3.15. The number of aromatic amines is 1. The van der Waals surface area contributed by atoms with Gasteiger partial charge in [0.2, 0.25) is 11.6 Å². The molecule has 146 valence electrons. The molecule has 0 aliphatic heterocycles. The maximum atomic E-state index is 12.9. The second-order valence-electron chi connectivity index (χ2n) is 5.51. The smallest absolute Gasteiger partial charge is 0.435 e. The predicted molar refractivity (Wildman–Crippen MR) is 87.3 cm³/mol. The van der Waals surface area contributed by atoms with Crippen LogP contribution in [0.5, 0.6) is 5.75 Å². The summed E-state index contributed by atoms with van der Waals surface area (Å²) in [7, 11) is 0. The van der Waals surface area contributed by atoms with Crippen LogP contribution < -0.4 is 4.74 Å². The van der Waals surface area contributed by atoms with Gasteiger partial charge in [0.15, 0.2) is 0 Å². The molecule has 0 saturated carbocycles. The minimum absolute atomic E-state index is 0.00983. The van der Waals surface area contributed by atoms with E-state index in [1.165, 1.54) is 41.5 Å². The number of benzene rings is 1. The summed E-state index contributed by atoms with van der Waals surface area (Å²) in [5.41, 5.74) is 0.575. The van der Waals surface area contributed by atoms with Crippen molar-refractivity contribution in [3.63, 3.8) is 0 Å². The topological polar surface area (TPSA) is 73.6 Å². The van der Waals surface area contributed by atoms with Crippen LogP contribution in [-0.2, 0) is 6.18 Å². The number of nitrogens with zero attached hydrogens (tertiary/aromatic N) is 5. The van der Waals surface area contributed by atoms with Crippen molar-refractivity contribution in [3.8, 4) is 23.0 Å². The normalized spacial score (nSPS) is 12.2. The van der Waals surface area contributed by atoms with E-state index < -0.39 is 18.6 Å². The van der Waals surface area contributed by atoms with Gasteiger partial charge in [-0.1, -0.05) is 0 Å². The predicted octanol–water partition coefficient (Wildman–Crippen LogP) is 4.23. The third-order valence-electron chi connectivity index (χ3n) is 3.81. The van der Waals surface area contributed by atoms with E-state index in [2.05, 4.69) is 19.8 Å². The van der Waals surface area contributed by atoms with Crippen LogP contribution in [0, 0.1) is 0 Å². The van der Waals surface area contributed by atoms with Crippen molar-refractivity contribution in [3.05, 3.63) is 42.7 Å². The fourth-order valence-corrected chi connectivity index (χ4v) is 3.04. The first-order valence-electron chi connectivity index (χ1n) is 7.53. The average molecular weight is 419 g/mol. The Kier molecular flexibility index (Phi) is 4.22. The molecule has 0 unspecified atom stereocenters. The Morgan fingerprint density at radius 3 is 2.61 bits per heavy atom. The Balaban J connectivity index is 1.98. The van der Waals surface area contributed by atoms with Gasteiger partial charge < -0.3 is 9.30 Å². The molecule has 0 spiro atoms. The molecule has 0 fully saturated rings. The maximum Gasteiger partial charge on any atom is 0.451 e. The molecule has 28 heavy (non-hydrogen) atoms. The molecule has 1 aromatic carbocycles. The largest absolute Gasteiger partial charge is 0.451 e. The Labute approximate surface area is 157 Å². The van der Waals surface area contributed by atoms with E-state index >= 15 is 0 Å². The minimum atomic E-state index is -4.73. The van der Waals surface area contributed by atoms with Crippen LogP contribution in [0.3, 0.4) is 0 Å². The van der Waals surface area contributed by atoms with Crippen LogP contribution in [0.15, 0.2) is 36.9 Å². The molecule has 4 aromatic rings. The SMILES string of the molecule is FC(F)Oc1ccc2c(c1)c(-n1ccnc1)c(-c1n[nH]c(C(F)(F)F)n1)n2Cl. The lowest BCUT2D eigenvalue weighted by Crippen LogP contribution is -2.07. The molecule has 13 heteroatoms. The fourth-order valence-electron chi connectivity index (χ4n) is 2.73. The van der Waals surface area contributed by atoms with Gasteiger partial charge in [-0.25, -0.2) is 14.1 Å². The van der Waals surface area contributed by atoms with Gasteiger partial charge in [-0.3, -0.25) is 5.10 Å². The number of aromatic nitrogens is 6. The average Bonchev–Trinajstić information content (AvgIpc) is 3.32. The minimum Gasteiger partial charge on any atom is -0.435 e. The van der Waals surface area contributed by atoms with Gasteiger partial charge in [0, 0.05) is 29.6 Å². The molecular weight excluding hydrogens is 411 g/mol. The standard InChI is InChI=1S/C15H8ClF5N6O/c16-27-9-2-1-7(28-14(17)18)5-8(9)10(26-4-3-22-6-26)11(27)12-23-13(25-24-12)15(19,20)21/h1-6,14H,(H,23,24,25). The molecule has 3 aromatic heterocycles. The summed E-state index contributed by atoms with van der Waals surface area (Å²) in [5, 5.41) is 5.74. The van der Waals surface area contributed by atoms with Crippen LogP contribution in [0.25, 0.3) is 28.1 Å². The zero-order valence-corrected chi connectivity index (χ0v) is 14.2. The number of hydrogen-bond acceptors (Lipinski definition) is 4. The molecule has 1 N–H and O–H groups in total. The molecule has 4 rings (SSSR count). The summed E-state index contributed by atoms with van der Waals surface area (Å²) in [6.07, 6.45) is -0.429. The fraction of sp³-hybridized carbons (Fsp3) is 0.133. The van der Waals surface area contributed by atoms with Gasteiger partial charge in [0.25, 0.3) is 0 Å². The van der Waals surface area contributed by atoms with Crippen molar-refractivity contribution in [1.29, 1.82) is 0 Å². The van der Waals surface area contributed by atoms with Crippen LogP contribution in [-0.4, -0.2) is 35.4 Å². The van der Waals surface area contributed by atoms with E-state index in [0.29, 0.717) is 10.9 Å². The van der Waals surface area contributed by atoms with Gasteiger partial charge >= 0.3 is 12.8 Å². The van der Waals surface area contributed by atoms with E-state index in [-0.39, 0.29) is 23.0 Å². The summed E-state index contributed by atoms with van der Waals surface area (Å²) < 4.78 is 70.7. The van der Waals surface area contributed by atoms with Gasteiger partial charge in [-0.15, -0.1) is 0 Å². The first kappa shape index (κ1) is 18.2. The number of H-pyrrole nitrogens is 1. The van der Waals surface area contributed by atoms with Crippen molar-refractivity contribution < 1.29 is 26.7 Å².